The van der Waals surface area contributed by atoms with E-state index in [2.05, 4.69) is 9.97 Å². The Balaban J connectivity index is 2.16. The largest absolute Gasteiger partial charge is 0.366 e. The molecule has 0 atom stereocenters. The minimum absolute atomic E-state index is 0.299. The van der Waals surface area contributed by atoms with E-state index in [0.717, 1.165) is 21.9 Å². The summed E-state index contributed by atoms with van der Waals surface area (Å²) < 4.78 is 0. The van der Waals surface area contributed by atoms with Crippen LogP contribution in [0.5, 0.6) is 0 Å². The Labute approximate surface area is 148 Å². The fraction of sp³-hybridized carbons (Fsp3) is 0. The summed E-state index contributed by atoms with van der Waals surface area (Å²) in [5, 5.41) is 1.68. The van der Waals surface area contributed by atoms with Crippen molar-refractivity contribution in [3.8, 4) is 11.1 Å². The molecular formula is C20H14N4O2. The average molecular weight is 342 g/mol. The molecule has 0 aliphatic heterocycles. The predicted octanol–water partition coefficient (Wildman–Crippen LogP) is 2.65. The fourth-order valence-corrected chi connectivity index (χ4v) is 3.13. The van der Waals surface area contributed by atoms with Crippen LogP contribution in [-0.4, -0.2) is 21.8 Å². The summed E-state index contributed by atoms with van der Waals surface area (Å²) in [5.41, 5.74) is 14.3. The number of aromatic nitrogens is 2. The van der Waals surface area contributed by atoms with Gasteiger partial charge in [0.2, 0.25) is 11.8 Å². The number of carbonyl (C=O) groups excluding carboxylic acids is 2. The fourth-order valence-electron chi connectivity index (χ4n) is 3.13. The lowest BCUT2D eigenvalue weighted by atomic mass is 9.92. The first-order chi connectivity index (χ1) is 12.6. The number of hydrogen-bond acceptors (Lipinski definition) is 4. The van der Waals surface area contributed by atoms with Gasteiger partial charge in [-0.15, -0.1) is 0 Å². The predicted molar refractivity (Wildman–Crippen MR) is 99.5 cm³/mol. The van der Waals surface area contributed by atoms with E-state index >= 15 is 0 Å². The molecule has 4 aromatic rings. The van der Waals surface area contributed by atoms with Gasteiger partial charge in [-0.25, -0.2) is 0 Å². The average Bonchev–Trinajstić information content (AvgIpc) is 2.66. The molecule has 0 bridgehead atoms. The quantitative estimate of drug-likeness (QED) is 0.557. The second kappa shape index (κ2) is 5.93. The normalized spacial score (nSPS) is 10.9. The summed E-state index contributed by atoms with van der Waals surface area (Å²) in [6.07, 6.45) is 3.40. The number of hydrogen-bond donors (Lipinski definition) is 2. The van der Waals surface area contributed by atoms with E-state index in [0.29, 0.717) is 22.2 Å². The lowest BCUT2D eigenvalue weighted by Crippen LogP contribution is -2.15. The first-order valence-corrected chi connectivity index (χ1v) is 7.93. The Kier molecular flexibility index (Phi) is 3.58. The Hall–Kier alpha value is -3.80. The highest BCUT2D eigenvalue weighted by Crippen LogP contribution is 2.35. The molecule has 4 N–H and O–H groups in total. The van der Waals surface area contributed by atoms with Crippen molar-refractivity contribution in [1.82, 2.24) is 9.97 Å². The van der Waals surface area contributed by atoms with Gasteiger partial charge in [0.05, 0.1) is 11.0 Å². The van der Waals surface area contributed by atoms with Gasteiger partial charge in [-0.1, -0.05) is 12.1 Å². The standard InChI is InChI=1S/C20H14N4O2/c21-19(25)12-5-6-14(20(22)26)16(10-12)15-9-11-3-1-7-23-17(11)18-13(15)4-2-8-24-18/h1-10H,(H2,21,25)(H2,22,26). The lowest BCUT2D eigenvalue weighted by molar-refractivity contribution is 0.0989. The zero-order valence-corrected chi connectivity index (χ0v) is 13.6. The molecule has 26 heavy (non-hydrogen) atoms. The third kappa shape index (κ3) is 2.44. The minimum atomic E-state index is -0.584. The zero-order chi connectivity index (χ0) is 18.3. The van der Waals surface area contributed by atoms with Crippen molar-refractivity contribution in [2.45, 2.75) is 0 Å². The van der Waals surface area contributed by atoms with Gasteiger partial charge in [0.15, 0.2) is 0 Å². The molecule has 2 aromatic heterocycles. The van der Waals surface area contributed by atoms with Gasteiger partial charge in [-0.3, -0.25) is 19.6 Å². The minimum Gasteiger partial charge on any atom is -0.366 e. The van der Waals surface area contributed by atoms with Crippen molar-refractivity contribution in [3.63, 3.8) is 0 Å². The number of carbonyl (C=O) groups is 2. The third-order valence-corrected chi connectivity index (χ3v) is 4.32. The van der Waals surface area contributed by atoms with Crippen LogP contribution >= 0.6 is 0 Å². The number of rotatable bonds is 3. The van der Waals surface area contributed by atoms with E-state index < -0.39 is 11.8 Å². The molecule has 6 heteroatoms. The molecule has 0 radical (unpaired) electrons. The molecule has 0 aliphatic carbocycles. The van der Waals surface area contributed by atoms with Crippen LogP contribution in [0.25, 0.3) is 32.9 Å². The maximum atomic E-state index is 12.0. The molecule has 0 spiro atoms. The van der Waals surface area contributed by atoms with Crippen molar-refractivity contribution in [2.24, 2.45) is 11.5 Å². The maximum absolute atomic E-state index is 12.0. The number of primary amides is 2. The van der Waals surface area contributed by atoms with Crippen LogP contribution in [-0.2, 0) is 0 Å². The highest BCUT2D eigenvalue weighted by atomic mass is 16.1. The van der Waals surface area contributed by atoms with E-state index in [1.807, 2.05) is 30.3 Å². The molecule has 0 fully saturated rings. The molecule has 6 nitrogen and oxygen atoms in total. The van der Waals surface area contributed by atoms with Crippen LogP contribution < -0.4 is 11.5 Å². The highest BCUT2D eigenvalue weighted by molar-refractivity contribution is 6.13. The van der Waals surface area contributed by atoms with Gasteiger partial charge in [0, 0.05) is 34.3 Å². The van der Waals surface area contributed by atoms with Gasteiger partial charge >= 0.3 is 0 Å². The van der Waals surface area contributed by atoms with E-state index in [1.165, 1.54) is 12.1 Å². The molecule has 126 valence electrons. The van der Waals surface area contributed by atoms with Crippen molar-refractivity contribution < 1.29 is 9.59 Å². The van der Waals surface area contributed by atoms with Crippen LogP contribution in [0, 0.1) is 0 Å². The van der Waals surface area contributed by atoms with Crippen molar-refractivity contribution >= 4 is 33.6 Å². The molecule has 2 aromatic carbocycles. The Morgan fingerprint density at radius 2 is 1.50 bits per heavy atom. The summed E-state index contributed by atoms with van der Waals surface area (Å²) in [6.45, 7) is 0. The number of fused-ring (bicyclic) bond motifs is 3. The molecule has 2 amide bonds. The second-order valence-electron chi connectivity index (χ2n) is 5.89. The van der Waals surface area contributed by atoms with Gasteiger partial charge in [0.1, 0.15) is 0 Å². The van der Waals surface area contributed by atoms with E-state index in [4.69, 9.17) is 11.5 Å². The Morgan fingerprint density at radius 1 is 0.769 bits per heavy atom. The summed E-state index contributed by atoms with van der Waals surface area (Å²) in [7, 11) is 0. The second-order valence-corrected chi connectivity index (χ2v) is 5.89. The first kappa shape index (κ1) is 15.7. The molecule has 0 saturated carbocycles. The number of benzene rings is 2. The molecular weight excluding hydrogens is 328 g/mol. The lowest BCUT2D eigenvalue weighted by Gasteiger charge is -2.13. The zero-order valence-electron chi connectivity index (χ0n) is 13.6. The van der Waals surface area contributed by atoms with Gasteiger partial charge < -0.3 is 11.5 Å². The SMILES string of the molecule is NC(=O)c1ccc(C(N)=O)c(-c2cc3cccnc3c3ncccc23)c1. The molecule has 0 unspecified atom stereocenters. The highest BCUT2D eigenvalue weighted by Gasteiger charge is 2.17. The van der Waals surface area contributed by atoms with Gasteiger partial charge in [-0.2, -0.15) is 0 Å². The van der Waals surface area contributed by atoms with E-state index in [1.54, 1.807) is 18.5 Å². The van der Waals surface area contributed by atoms with Crippen LogP contribution in [0.15, 0.2) is 60.9 Å². The van der Waals surface area contributed by atoms with Gasteiger partial charge in [0.25, 0.3) is 0 Å². The van der Waals surface area contributed by atoms with Crippen LogP contribution in [0.3, 0.4) is 0 Å². The first-order valence-electron chi connectivity index (χ1n) is 7.93. The summed E-state index contributed by atoms with van der Waals surface area (Å²) in [4.78, 5) is 32.5. The van der Waals surface area contributed by atoms with Crippen LogP contribution in [0.4, 0.5) is 0 Å². The number of nitrogens with zero attached hydrogens (tertiary/aromatic N) is 2. The van der Waals surface area contributed by atoms with Gasteiger partial charge in [-0.05, 0) is 47.5 Å². The summed E-state index contributed by atoms with van der Waals surface area (Å²) in [6, 6.07) is 14.0. The number of amides is 2. The molecule has 4 rings (SSSR count). The summed E-state index contributed by atoms with van der Waals surface area (Å²) >= 11 is 0. The maximum Gasteiger partial charge on any atom is 0.249 e. The van der Waals surface area contributed by atoms with E-state index in [-0.39, 0.29) is 0 Å². The summed E-state index contributed by atoms with van der Waals surface area (Å²) in [5.74, 6) is -1.16. The van der Waals surface area contributed by atoms with Crippen molar-refractivity contribution in [3.05, 3.63) is 72.1 Å². The Bertz CT molecular complexity index is 1200. The van der Waals surface area contributed by atoms with Crippen molar-refractivity contribution in [1.29, 1.82) is 0 Å². The van der Waals surface area contributed by atoms with Crippen LogP contribution in [0.2, 0.25) is 0 Å². The molecule has 0 saturated heterocycles. The number of nitrogens with two attached hydrogens (primary N) is 2. The third-order valence-electron chi connectivity index (χ3n) is 4.32. The topological polar surface area (TPSA) is 112 Å². The smallest absolute Gasteiger partial charge is 0.249 e. The van der Waals surface area contributed by atoms with Crippen molar-refractivity contribution in [2.75, 3.05) is 0 Å². The van der Waals surface area contributed by atoms with Crippen LogP contribution in [0.1, 0.15) is 20.7 Å². The van der Waals surface area contributed by atoms with E-state index in [9.17, 15) is 9.59 Å². The monoisotopic (exact) mass is 342 g/mol. The number of pyridine rings is 2. The Morgan fingerprint density at radius 3 is 2.23 bits per heavy atom. The molecule has 2 heterocycles. The molecule has 0 aliphatic rings.